The average Bonchev–Trinajstić information content (AvgIpc) is 2.57. The van der Waals surface area contributed by atoms with Crippen LogP contribution in [0.1, 0.15) is 26.7 Å². The minimum absolute atomic E-state index is 0.304. The van der Waals surface area contributed by atoms with E-state index in [4.69, 9.17) is 0 Å². The molecule has 0 bridgehead atoms. The lowest BCUT2D eigenvalue weighted by Gasteiger charge is -2.39. The zero-order valence-electron chi connectivity index (χ0n) is 8.82. The van der Waals surface area contributed by atoms with Crippen LogP contribution in [0.2, 0.25) is 0 Å². The molecule has 0 saturated carbocycles. The van der Waals surface area contributed by atoms with Crippen LogP contribution in [0, 0.1) is 0 Å². The number of rotatable bonds is 1. The molecule has 0 radical (unpaired) electrons. The van der Waals surface area contributed by atoms with Crippen molar-refractivity contribution in [2.45, 2.75) is 38.0 Å². The molecule has 1 aliphatic carbocycles. The molecule has 14 heavy (non-hydrogen) atoms. The molecule has 1 heterocycles. The molecule has 1 fully saturated rings. The Bertz CT molecular complexity index is 274. The first-order valence-corrected chi connectivity index (χ1v) is 6.35. The molecular weight excluding hydrogens is 194 g/mol. The standard InChI is InChI=1S/C11H17NOS/c1-8-9(2)14-6-5-12(8)10-3-4-11(13)7-10/h7-9H,3-6H2,1-2H3. The molecule has 2 rings (SSSR count). The smallest absolute Gasteiger partial charge is 0.157 e. The van der Waals surface area contributed by atoms with E-state index in [0.29, 0.717) is 17.1 Å². The van der Waals surface area contributed by atoms with E-state index in [-0.39, 0.29) is 0 Å². The topological polar surface area (TPSA) is 20.3 Å². The fourth-order valence-corrected chi connectivity index (χ4v) is 3.25. The van der Waals surface area contributed by atoms with Crippen LogP contribution in [-0.2, 0) is 4.79 Å². The number of thioether (sulfide) groups is 1. The zero-order chi connectivity index (χ0) is 10.1. The van der Waals surface area contributed by atoms with E-state index >= 15 is 0 Å². The number of nitrogens with zero attached hydrogens (tertiary/aromatic N) is 1. The van der Waals surface area contributed by atoms with Gasteiger partial charge < -0.3 is 4.90 Å². The number of carbonyl (C=O) groups excluding carboxylic acids is 1. The highest BCUT2D eigenvalue weighted by Gasteiger charge is 2.28. The van der Waals surface area contributed by atoms with Gasteiger partial charge in [0.15, 0.2) is 5.78 Å². The van der Waals surface area contributed by atoms with Crippen LogP contribution >= 0.6 is 11.8 Å². The van der Waals surface area contributed by atoms with Gasteiger partial charge in [-0.15, -0.1) is 0 Å². The molecule has 0 amide bonds. The summed E-state index contributed by atoms with van der Waals surface area (Å²) in [5, 5.41) is 0.681. The normalized spacial score (nSPS) is 33.4. The van der Waals surface area contributed by atoms with Gasteiger partial charge in [0.1, 0.15) is 0 Å². The monoisotopic (exact) mass is 211 g/mol. The van der Waals surface area contributed by atoms with Crippen molar-refractivity contribution in [2.75, 3.05) is 12.3 Å². The van der Waals surface area contributed by atoms with Crippen LogP contribution in [0.15, 0.2) is 11.8 Å². The minimum atomic E-state index is 0.304. The maximum atomic E-state index is 11.2. The van der Waals surface area contributed by atoms with E-state index in [1.54, 1.807) is 0 Å². The van der Waals surface area contributed by atoms with Crippen LogP contribution in [0.5, 0.6) is 0 Å². The van der Waals surface area contributed by atoms with Gasteiger partial charge in [0, 0.05) is 41.8 Å². The Morgan fingerprint density at radius 3 is 2.86 bits per heavy atom. The number of allylic oxidation sites excluding steroid dienone is 2. The quantitative estimate of drug-likeness (QED) is 0.662. The van der Waals surface area contributed by atoms with Crippen molar-refractivity contribution in [3.8, 4) is 0 Å². The summed E-state index contributed by atoms with van der Waals surface area (Å²) in [6.45, 7) is 5.65. The molecule has 1 saturated heterocycles. The lowest BCUT2D eigenvalue weighted by molar-refractivity contribution is -0.114. The molecule has 0 aromatic heterocycles. The largest absolute Gasteiger partial charge is 0.370 e. The van der Waals surface area contributed by atoms with Crippen molar-refractivity contribution in [1.29, 1.82) is 0 Å². The maximum Gasteiger partial charge on any atom is 0.157 e. The molecule has 78 valence electrons. The number of hydrogen-bond acceptors (Lipinski definition) is 3. The maximum absolute atomic E-state index is 11.2. The molecule has 2 unspecified atom stereocenters. The van der Waals surface area contributed by atoms with E-state index in [9.17, 15) is 4.79 Å². The van der Waals surface area contributed by atoms with Crippen molar-refractivity contribution in [1.82, 2.24) is 4.90 Å². The van der Waals surface area contributed by atoms with Gasteiger partial charge in [-0.1, -0.05) is 6.92 Å². The first-order valence-electron chi connectivity index (χ1n) is 5.30. The van der Waals surface area contributed by atoms with Crippen molar-refractivity contribution < 1.29 is 4.79 Å². The van der Waals surface area contributed by atoms with E-state index in [1.165, 1.54) is 11.4 Å². The van der Waals surface area contributed by atoms with E-state index < -0.39 is 0 Å². The summed E-state index contributed by atoms with van der Waals surface area (Å²) >= 11 is 2.04. The first-order chi connectivity index (χ1) is 6.68. The summed E-state index contributed by atoms with van der Waals surface area (Å²) in [6.07, 6.45) is 3.53. The Balaban J connectivity index is 2.09. The molecule has 3 heteroatoms. The minimum Gasteiger partial charge on any atom is -0.370 e. The number of hydrogen-bond donors (Lipinski definition) is 0. The van der Waals surface area contributed by atoms with Crippen molar-refractivity contribution >= 4 is 17.5 Å². The number of ketones is 1. The zero-order valence-corrected chi connectivity index (χ0v) is 9.64. The van der Waals surface area contributed by atoms with Gasteiger partial charge in [0.25, 0.3) is 0 Å². The third-order valence-corrected chi connectivity index (χ3v) is 4.55. The molecule has 0 aromatic rings. The Morgan fingerprint density at radius 1 is 1.43 bits per heavy atom. The molecule has 0 spiro atoms. The predicted molar refractivity (Wildman–Crippen MR) is 60.4 cm³/mol. The van der Waals surface area contributed by atoms with E-state index in [2.05, 4.69) is 18.7 Å². The number of carbonyl (C=O) groups is 1. The summed E-state index contributed by atoms with van der Waals surface area (Å²) < 4.78 is 0. The van der Waals surface area contributed by atoms with Crippen LogP contribution in [0.25, 0.3) is 0 Å². The van der Waals surface area contributed by atoms with Crippen LogP contribution in [0.4, 0.5) is 0 Å². The van der Waals surface area contributed by atoms with Crippen LogP contribution in [0.3, 0.4) is 0 Å². The molecule has 2 nitrogen and oxygen atoms in total. The summed E-state index contributed by atoms with van der Waals surface area (Å²) in [5.74, 6) is 1.50. The van der Waals surface area contributed by atoms with Crippen LogP contribution in [-0.4, -0.2) is 34.3 Å². The van der Waals surface area contributed by atoms with Gasteiger partial charge in [0.05, 0.1) is 0 Å². The first kappa shape index (κ1) is 10.1. The fraction of sp³-hybridized carbons (Fsp3) is 0.727. The molecule has 2 aliphatic rings. The highest BCUT2D eigenvalue weighted by Crippen LogP contribution is 2.30. The predicted octanol–water partition coefficient (Wildman–Crippen LogP) is 2.06. The van der Waals surface area contributed by atoms with Crippen molar-refractivity contribution in [3.05, 3.63) is 11.8 Å². The lowest BCUT2D eigenvalue weighted by atomic mass is 10.2. The van der Waals surface area contributed by atoms with Gasteiger partial charge in [-0.05, 0) is 13.3 Å². The Labute approximate surface area is 89.7 Å². The van der Waals surface area contributed by atoms with E-state index in [1.807, 2.05) is 17.8 Å². The summed E-state index contributed by atoms with van der Waals surface area (Å²) in [5.41, 5.74) is 1.27. The van der Waals surface area contributed by atoms with Crippen molar-refractivity contribution in [3.63, 3.8) is 0 Å². The summed E-state index contributed by atoms with van der Waals surface area (Å²) in [4.78, 5) is 13.6. The fourth-order valence-electron chi connectivity index (χ4n) is 2.15. The van der Waals surface area contributed by atoms with E-state index in [0.717, 1.165) is 19.4 Å². The van der Waals surface area contributed by atoms with Crippen molar-refractivity contribution in [2.24, 2.45) is 0 Å². The third kappa shape index (κ3) is 1.83. The van der Waals surface area contributed by atoms with Gasteiger partial charge in [0.2, 0.25) is 0 Å². The lowest BCUT2D eigenvalue weighted by Crippen LogP contribution is -2.43. The highest BCUT2D eigenvalue weighted by atomic mass is 32.2. The van der Waals surface area contributed by atoms with Crippen LogP contribution < -0.4 is 0 Å². The highest BCUT2D eigenvalue weighted by molar-refractivity contribution is 8.00. The second-order valence-electron chi connectivity index (χ2n) is 4.11. The Morgan fingerprint density at radius 2 is 2.21 bits per heavy atom. The molecule has 1 aliphatic heterocycles. The summed E-state index contributed by atoms with van der Waals surface area (Å²) in [6, 6.07) is 0.575. The Kier molecular flexibility index (Phi) is 2.86. The molecule has 2 atom stereocenters. The Hall–Kier alpha value is -0.440. The second kappa shape index (κ2) is 3.97. The SMILES string of the molecule is CC1SCCN(C2=CC(=O)CC2)C1C. The summed E-state index contributed by atoms with van der Waals surface area (Å²) in [7, 11) is 0. The van der Waals surface area contributed by atoms with Gasteiger partial charge in [-0.25, -0.2) is 0 Å². The van der Waals surface area contributed by atoms with Gasteiger partial charge in [-0.3, -0.25) is 4.79 Å². The van der Waals surface area contributed by atoms with Gasteiger partial charge >= 0.3 is 0 Å². The third-order valence-electron chi connectivity index (χ3n) is 3.21. The average molecular weight is 211 g/mol. The van der Waals surface area contributed by atoms with Gasteiger partial charge in [-0.2, -0.15) is 11.8 Å². The molecular formula is C11H17NOS. The molecule has 0 N–H and O–H groups in total. The second-order valence-corrected chi connectivity index (χ2v) is 5.60. The molecule has 0 aromatic carbocycles.